The van der Waals surface area contributed by atoms with Gasteiger partial charge in [0, 0.05) is 24.6 Å². The molecule has 180 valence electrons. The molecule has 1 aliphatic heterocycles. The zero-order chi connectivity index (χ0) is 24.5. The van der Waals surface area contributed by atoms with Crippen molar-refractivity contribution in [1.29, 1.82) is 0 Å². The van der Waals surface area contributed by atoms with Gasteiger partial charge in [-0.25, -0.2) is 4.79 Å². The average Bonchev–Trinajstić information content (AvgIpc) is 3.25. The van der Waals surface area contributed by atoms with E-state index in [9.17, 15) is 19.5 Å². The number of hydrogen-bond donors (Lipinski definition) is 4. The molecule has 8 nitrogen and oxygen atoms in total. The van der Waals surface area contributed by atoms with Crippen molar-refractivity contribution in [3.05, 3.63) is 54.1 Å². The van der Waals surface area contributed by atoms with Crippen molar-refractivity contribution >= 4 is 46.9 Å². The minimum Gasteiger partial charge on any atom is -0.480 e. The van der Waals surface area contributed by atoms with E-state index in [-0.39, 0.29) is 17.1 Å². The second-order valence-electron chi connectivity index (χ2n) is 7.79. The highest BCUT2D eigenvalue weighted by molar-refractivity contribution is 7.98. The number of amides is 2. The Bertz CT molecular complexity index is 1050. The Morgan fingerprint density at radius 1 is 1.26 bits per heavy atom. The molecule has 0 aliphatic carbocycles. The molecule has 10 heteroatoms. The molecular weight excluding hydrogens is 474 g/mol. The third-order valence-electron chi connectivity index (χ3n) is 5.32. The van der Waals surface area contributed by atoms with Crippen LogP contribution in [0.5, 0.6) is 5.75 Å². The van der Waals surface area contributed by atoms with Crippen molar-refractivity contribution in [3.8, 4) is 16.9 Å². The van der Waals surface area contributed by atoms with Crippen LogP contribution < -0.4 is 20.7 Å². The number of aliphatic carboxylic acids is 1. The van der Waals surface area contributed by atoms with Crippen LogP contribution >= 0.6 is 24.0 Å². The van der Waals surface area contributed by atoms with Crippen LogP contribution in [0.2, 0.25) is 0 Å². The lowest BCUT2D eigenvalue weighted by molar-refractivity contribution is -0.139. The van der Waals surface area contributed by atoms with Crippen molar-refractivity contribution in [2.24, 2.45) is 0 Å². The van der Waals surface area contributed by atoms with Crippen LogP contribution in [0.3, 0.4) is 0 Å². The molecule has 1 saturated heterocycles. The Labute approximate surface area is 207 Å². The molecule has 2 atom stereocenters. The van der Waals surface area contributed by atoms with E-state index < -0.39 is 17.9 Å². The standard InChI is InChI=1S/C24H27N3O5S2/c1-34-12-11-20(23(30)31)27-22(29)18-9-8-17(13-19(18)15-5-3-2-4-6-15)32-24(33)25-14-16-7-10-21(28)26-16/h2-6,8-9,13,16,20H,7,10-12,14H2,1H3,(H,25,33)(H,26,28)(H,27,29)(H,30,31). The highest BCUT2D eigenvalue weighted by Gasteiger charge is 2.23. The van der Waals surface area contributed by atoms with Crippen LogP contribution in [0.25, 0.3) is 11.1 Å². The number of hydrogen-bond acceptors (Lipinski definition) is 6. The number of carboxylic acids is 1. The van der Waals surface area contributed by atoms with Gasteiger partial charge in [-0.3, -0.25) is 9.59 Å². The fourth-order valence-electron chi connectivity index (χ4n) is 3.55. The van der Waals surface area contributed by atoms with E-state index >= 15 is 0 Å². The Balaban J connectivity index is 1.76. The minimum atomic E-state index is -1.07. The molecule has 0 spiro atoms. The minimum absolute atomic E-state index is 0.00768. The maximum absolute atomic E-state index is 13.0. The van der Waals surface area contributed by atoms with Crippen molar-refractivity contribution < 1.29 is 24.2 Å². The summed E-state index contributed by atoms with van der Waals surface area (Å²) >= 11 is 6.80. The highest BCUT2D eigenvalue weighted by Crippen LogP contribution is 2.28. The molecule has 0 saturated carbocycles. The lowest BCUT2D eigenvalue weighted by Crippen LogP contribution is -2.41. The van der Waals surface area contributed by atoms with Crippen LogP contribution in [0.4, 0.5) is 0 Å². The van der Waals surface area contributed by atoms with E-state index in [1.165, 1.54) is 11.8 Å². The topological polar surface area (TPSA) is 117 Å². The molecule has 1 aliphatic rings. The molecule has 2 amide bonds. The number of nitrogens with one attached hydrogen (secondary N) is 3. The second kappa shape index (κ2) is 12.4. The first-order valence-electron chi connectivity index (χ1n) is 10.8. The lowest BCUT2D eigenvalue weighted by Gasteiger charge is -2.17. The number of benzene rings is 2. The molecular formula is C24H27N3O5S2. The van der Waals surface area contributed by atoms with Crippen molar-refractivity contribution in [2.45, 2.75) is 31.3 Å². The largest absolute Gasteiger partial charge is 0.480 e. The van der Waals surface area contributed by atoms with E-state index in [0.717, 1.165) is 12.0 Å². The third-order valence-corrected chi connectivity index (χ3v) is 6.19. The van der Waals surface area contributed by atoms with Crippen LogP contribution in [0, 0.1) is 0 Å². The zero-order valence-corrected chi connectivity index (χ0v) is 20.3. The summed E-state index contributed by atoms with van der Waals surface area (Å²) < 4.78 is 5.75. The summed E-state index contributed by atoms with van der Waals surface area (Å²) in [6.45, 7) is 0.462. The van der Waals surface area contributed by atoms with Gasteiger partial charge in [0.25, 0.3) is 11.1 Å². The van der Waals surface area contributed by atoms with Gasteiger partial charge in [0.05, 0.1) is 0 Å². The Morgan fingerprint density at radius 3 is 2.68 bits per heavy atom. The van der Waals surface area contributed by atoms with E-state index in [0.29, 0.717) is 42.0 Å². The van der Waals surface area contributed by atoms with Gasteiger partial charge < -0.3 is 25.8 Å². The van der Waals surface area contributed by atoms with Crippen LogP contribution in [-0.2, 0) is 9.59 Å². The van der Waals surface area contributed by atoms with Crippen molar-refractivity contribution in [2.75, 3.05) is 18.6 Å². The van der Waals surface area contributed by atoms with Gasteiger partial charge in [0.1, 0.15) is 11.8 Å². The predicted octanol–water partition coefficient (Wildman–Crippen LogP) is 2.82. The predicted molar refractivity (Wildman–Crippen MR) is 136 cm³/mol. The van der Waals surface area contributed by atoms with Crippen LogP contribution in [0.15, 0.2) is 48.5 Å². The number of carboxylic acid groups (broad SMARTS) is 1. The van der Waals surface area contributed by atoms with E-state index in [1.807, 2.05) is 36.6 Å². The summed E-state index contributed by atoms with van der Waals surface area (Å²) in [7, 11) is 0. The van der Waals surface area contributed by atoms with Crippen molar-refractivity contribution in [3.63, 3.8) is 0 Å². The SMILES string of the molecule is CSCCC(NC(=O)c1ccc(OC(=S)NCC2CCC(=O)N2)cc1-c1ccccc1)C(=O)O. The molecule has 2 aromatic rings. The number of carbonyl (C=O) groups is 3. The van der Waals surface area contributed by atoms with Gasteiger partial charge in [0.2, 0.25) is 5.91 Å². The Hall–Kier alpha value is -3.11. The highest BCUT2D eigenvalue weighted by atomic mass is 32.2. The average molecular weight is 502 g/mol. The lowest BCUT2D eigenvalue weighted by atomic mass is 9.98. The summed E-state index contributed by atoms with van der Waals surface area (Å²) in [5.41, 5.74) is 1.71. The Kier molecular flexibility index (Phi) is 9.29. The smallest absolute Gasteiger partial charge is 0.326 e. The molecule has 3 rings (SSSR count). The number of rotatable bonds is 10. The van der Waals surface area contributed by atoms with Gasteiger partial charge in [0.15, 0.2) is 0 Å². The van der Waals surface area contributed by atoms with Gasteiger partial charge in [-0.1, -0.05) is 30.3 Å². The fourth-order valence-corrected chi connectivity index (χ4v) is 4.20. The first kappa shape index (κ1) is 25.5. The number of thioether (sulfide) groups is 1. The summed E-state index contributed by atoms with van der Waals surface area (Å²) in [5.74, 6) is -0.473. The molecule has 0 bridgehead atoms. The monoisotopic (exact) mass is 501 g/mol. The molecule has 4 N–H and O–H groups in total. The first-order chi connectivity index (χ1) is 16.4. The fraction of sp³-hybridized carbons (Fsp3) is 0.333. The zero-order valence-electron chi connectivity index (χ0n) is 18.7. The maximum atomic E-state index is 13.0. The van der Waals surface area contributed by atoms with Gasteiger partial charge in [-0.05, 0) is 66.4 Å². The third kappa shape index (κ3) is 7.19. The number of thiocarbonyl (C=S) groups is 1. The summed E-state index contributed by atoms with van der Waals surface area (Å²) in [6.07, 6.45) is 3.45. The molecule has 0 radical (unpaired) electrons. The number of ether oxygens (including phenoxy) is 1. The van der Waals surface area contributed by atoms with Crippen LogP contribution in [0.1, 0.15) is 29.6 Å². The molecule has 34 heavy (non-hydrogen) atoms. The summed E-state index contributed by atoms with van der Waals surface area (Å²) in [5, 5.41) is 18.1. The maximum Gasteiger partial charge on any atom is 0.326 e. The summed E-state index contributed by atoms with van der Waals surface area (Å²) in [6, 6.07) is 13.2. The second-order valence-corrected chi connectivity index (χ2v) is 9.15. The normalized spacial score (nSPS) is 15.8. The van der Waals surface area contributed by atoms with E-state index in [2.05, 4.69) is 16.0 Å². The number of carbonyl (C=O) groups excluding carboxylic acids is 2. The van der Waals surface area contributed by atoms with Gasteiger partial charge in [-0.15, -0.1) is 0 Å². The molecule has 1 heterocycles. The Morgan fingerprint density at radius 2 is 2.03 bits per heavy atom. The van der Waals surface area contributed by atoms with E-state index in [4.69, 9.17) is 17.0 Å². The molecule has 1 fully saturated rings. The van der Waals surface area contributed by atoms with E-state index in [1.54, 1.807) is 18.2 Å². The quantitative estimate of drug-likeness (QED) is 0.367. The molecule has 2 aromatic carbocycles. The summed E-state index contributed by atoms with van der Waals surface area (Å²) in [4.78, 5) is 36.0. The van der Waals surface area contributed by atoms with Gasteiger partial charge in [-0.2, -0.15) is 11.8 Å². The van der Waals surface area contributed by atoms with Crippen LogP contribution in [-0.4, -0.2) is 58.7 Å². The molecule has 0 aromatic heterocycles. The van der Waals surface area contributed by atoms with Crippen molar-refractivity contribution in [1.82, 2.24) is 16.0 Å². The first-order valence-corrected chi connectivity index (χ1v) is 12.6. The molecule has 2 unspecified atom stereocenters. The van der Waals surface area contributed by atoms with Gasteiger partial charge >= 0.3 is 5.97 Å².